The maximum Gasteiger partial charge on any atom is 0.573 e. The molecule has 7 nitrogen and oxygen atoms in total. The fraction of sp³-hybridized carbons (Fsp3) is 0.0625. The number of hydrogen-bond donors (Lipinski definition) is 2. The van der Waals surface area contributed by atoms with Crippen LogP contribution in [0.2, 0.25) is 0 Å². The zero-order valence-electron chi connectivity index (χ0n) is 12.8. The molecule has 2 aromatic carbocycles. The average molecular weight is 365 g/mol. The van der Waals surface area contributed by atoms with Crippen LogP contribution in [0.4, 0.5) is 23.7 Å². The number of nitrogens with one attached hydrogen (secondary N) is 1. The zero-order chi connectivity index (χ0) is 18.7. The van der Waals surface area contributed by atoms with Crippen LogP contribution in [0.5, 0.6) is 5.75 Å². The van der Waals surface area contributed by atoms with Gasteiger partial charge in [-0.3, -0.25) is 5.32 Å². The molecule has 0 radical (unpaired) electrons. The predicted molar refractivity (Wildman–Crippen MR) is 83.5 cm³/mol. The molecule has 1 amide bonds. The second-order valence-corrected chi connectivity index (χ2v) is 5.00. The summed E-state index contributed by atoms with van der Waals surface area (Å²) in [6, 6.07) is 11.3. The highest BCUT2D eigenvalue weighted by atomic mass is 19.4. The van der Waals surface area contributed by atoms with E-state index in [2.05, 4.69) is 20.2 Å². The van der Waals surface area contributed by atoms with E-state index in [1.807, 2.05) is 0 Å². The van der Waals surface area contributed by atoms with E-state index in [1.165, 1.54) is 24.3 Å². The Labute approximate surface area is 144 Å². The molecule has 0 saturated carbocycles. The summed E-state index contributed by atoms with van der Waals surface area (Å²) < 4.78 is 45.4. The van der Waals surface area contributed by atoms with E-state index in [1.54, 1.807) is 12.1 Å². The number of rotatable bonds is 4. The highest BCUT2D eigenvalue weighted by Crippen LogP contribution is 2.27. The van der Waals surface area contributed by atoms with Crippen molar-refractivity contribution in [3.05, 3.63) is 48.5 Å². The molecule has 134 valence electrons. The normalized spacial score (nSPS) is 11.2. The zero-order valence-corrected chi connectivity index (χ0v) is 12.8. The van der Waals surface area contributed by atoms with E-state index in [-0.39, 0.29) is 17.5 Å². The van der Waals surface area contributed by atoms with E-state index in [9.17, 15) is 18.0 Å². The Morgan fingerprint density at radius 1 is 1.04 bits per heavy atom. The Balaban J connectivity index is 1.76. The molecule has 0 fully saturated rings. The first-order chi connectivity index (χ1) is 12.3. The first-order valence-corrected chi connectivity index (χ1v) is 7.10. The first-order valence-electron chi connectivity index (χ1n) is 7.10. The van der Waals surface area contributed by atoms with Crippen molar-refractivity contribution in [1.29, 1.82) is 0 Å². The highest BCUT2D eigenvalue weighted by Gasteiger charge is 2.31. The standard InChI is InChI=1S/C16H10F3N3O4/c17-16(18,19)25-12-7-3-10(4-8-12)14-21-13(22-26-14)9-1-5-11(6-2-9)20-15(23)24/h1-8,20H,(H,23,24). The van der Waals surface area contributed by atoms with Crippen LogP contribution < -0.4 is 10.1 Å². The molecule has 0 unspecified atom stereocenters. The van der Waals surface area contributed by atoms with Crippen LogP contribution in [0.3, 0.4) is 0 Å². The molecular formula is C16H10F3N3O4. The SMILES string of the molecule is O=C(O)Nc1ccc(-c2noc(-c3ccc(OC(F)(F)F)cc3)n2)cc1. The Hall–Kier alpha value is -3.56. The molecule has 10 heteroatoms. The fourth-order valence-electron chi connectivity index (χ4n) is 2.08. The minimum atomic E-state index is -4.76. The van der Waals surface area contributed by atoms with Crippen LogP contribution in [0.15, 0.2) is 53.1 Å². The van der Waals surface area contributed by atoms with Crippen LogP contribution in [0, 0.1) is 0 Å². The number of hydrogen-bond acceptors (Lipinski definition) is 5. The molecule has 0 aliphatic carbocycles. The van der Waals surface area contributed by atoms with Crippen LogP contribution in [0.1, 0.15) is 0 Å². The molecule has 3 rings (SSSR count). The van der Waals surface area contributed by atoms with E-state index in [4.69, 9.17) is 9.63 Å². The first kappa shape index (κ1) is 17.3. The Morgan fingerprint density at radius 3 is 2.23 bits per heavy atom. The lowest BCUT2D eigenvalue weighted by Gasteiger charge is -2.08. The van der Waals surface area contributed by atoms with Crippen molar-refractivity contribution in [3.8, 4) is 28.6 Å². The molecule has 1 heterocycles. The lowest BCUT2D eigenvalue weighted by Crippen LogP contribution is -2.16. The summed E-state index contributed by atoms with van der Waals surface area (Å²) in [5.41, 5.74) is 1.38. The van der Waals surface area contributed by atoms with Crippen LogP contribution in [-0.4, -0.2) is 27.7 Å². The van der Waals surface area contributed by atoms with Gasteiger partial charge in [-0.1, -0.05) is 5.16 Å². The molecule has 0 saturated heterocycles. The molecule has 2 N–H and O–H groups in total. The van der Waals surface area contributed by atoms with Gasteiger partial charge in [0.1, 0.15) is 5.75 Å². The van der Waals surface area contributed by atoms with Gasteiger partial charge in [0.05, 0.1) is 0 Å². The van der Waals surface area contributed by atoms with Crippen LogP contribution in [-0.2, 0) is 0 Å². The minimum absolute atomic E-state index is 0.117. The molecule has 1 aromatic heterocycles. The van der Waals surface area contributed by atoms with Crippen molar-refractivity contribution in [2.24, 2.45) is 0 Å². The van der Waals surface area contributed by atoms with Crippen LogP contribution >= 0.6 is 0 Å². The van der Waals surface area contributed by atoms with E-state index < -0.39 is 12.5 Å². The maximum absolute atomic E-state index is 12.2. The van der Waals surface area contributed by atoms with Crippen LogP contribution in [0.25, 0.3) is 22.8 Å². The van der Waals surface area contributed by atoms with E-state index in [0.29, 0.717) is 16.8 Å². The van der Waals surface area contributed by atoms with Crippen molar-refractivity contribution in [2.75, 3.05) is 5.32 Å². The number of nitrogens with zero attached hydrogens (tertiary/aromatic N) is 2. The lowest BCUT2D eigenvalue weighted by atomic mass is 10.2. The third kappa shape index (κ3) is 4.29. The molecule has 0 atom stereocenters. The number of benzene rings is 2. The number of alkyl halides is 3. The summed E-state index contributed by atoms with van der Waals surface area (Å²) in [6.07, 6.45) is -5.95. The van der Waals surface area contributed by atoms with Crippen molar-refractivity contribution in [2.45, 2.75) is 6.36 Å². The van der Waals surface area contributed by atoms with E-state index >= 15 is 0 Å². The summed E-state index contributed by atoms with van der Waals surface area (Å²) in [4.78, 5) is 14.7. The number of amides is 1. The molecular weight excluding hydrogens is 355 g/mol. The van der Waals surface area contributed by atoms with E-state index in [0.717, 1.165) is 12.1 Å². The van der Waals surface area contributed by atoms with Gasteiger partial charge in [-0.25, -0.2) is 4.79 Å². The third-order valence-corrected chi connectivity index (χ3v) is 3.16. The van der Waals surface area contributed by atoms with Gasteiger partial charge < -0.3 is 14.4 Å². The highest BCUT2D eigenvalue weighted by molar-refractivity contribution is 5.83. The molecule has 0 aliphatic rings. The smallest absolute Gasteiger partial charge is 0.465 e. The number of aromatic nitrogens is 2. The quantitative estimate of drug-likeness (QED) is 0.712. The third-order valence-electron chi connectivity index (χ3n) is 3.16. The minimum Gasteiger partial charge on any atom is -0.465 e. The summed E-state index contributed by atoms with van der Waals surface area (Å²) in [5.74, 6) is 0.00583. The van der Waals surface area contributed by atoms with Crippen molar-refractivity contribution in [3.63, 3.8) is 0 Å². The molecule has 26 heavy (non-hydrogen) atoms. The topological polar surface area (TPSA) is 97.5 Å². The lowest BCUT2D eigenvalue weighted by molar-refractivity contribution is -0.274. The van der Waals surface area contributed by atoms with Gasteiger partial charge in [-0.05, 0) is 48.5 Å². The summed E-state index contributed by atoms with van der Waals surface area (Å²) in [5, 5.41) is 14.6. The van der Waals surface area contributed by atoms with Gasteiger partial charge in [-0.15, -0.1) is 13.2 Å². The molecule has 0 aliphatic heterocycles. The number of carbonyl (C=O) groups is 1. The summed E-state index contributed by atoms with van der Waals surface area (Å²) in [6.45, 7) is 0. The van der Waals surface area contributed by atoms with Gasteiger partial charge >= 0.3 is 12.5 Å². The second kappa shape index (κ2) is 6.75. The average Bonchev–Trinajstić information content (AvgIpc) is 3.04. The van der Waals surface area contributed by atoms with Gasteiger partial charge in [0.2, 0.25) is 5.82 Å². The Morgan fingerprint density at radius 2 is 1.65 bits per heavy atom. The number of anilines is 1. The van der Waals surface area contributed by atoms with Gasteiger partial charge in [-0.2, -0.15) is 4.98 Å². The van der Waals surface area contributed by atoms with Crippen molar-refractivity contribution < 1.29 is 32.3 Å². The fourth-order valence-corrected chi connectivity index (χ4v) is 2.08. The number of ether oxygens (including phenoxy) is 1. The maximum atomic E-state index is 12.2. The van der Waals surface area contributed by atoms with Crippen molar-refractivity contribution in [1.82, 2.24) is 10.1 Å². The Kier molecular flexibility index (Phi) is 4.48. The molecule has 3 aromatic rings. The van der Waals surface area contributed by atoms with Gasteiger partial charge in [0, 0.05) is 16.8 Å². The van der Waals surface area contributed by atoms with Crippen molar-refractivity contribution >= 4 is 11.8 Å². The predicted octanol–water partition coefficient (Wildman–Crippen LogP) is 4.39. The molecule has 0 bridgehead atoms. The number of halogens is 3. The monoisotopic (exact) mass is 365 g/mol. The van der Waals surface area contributed by atoms with Gasteiger partial charge in [0.25, 0.3) is 5.89 Å². The summed E-state index contributed by atoms with van der Waals surface area (Å²) >= 11 is 0. The largest absolute Gasteiger partial charge is 0.573 e. The van der Waals surface area contributed by atoms with Gasteiger partial charge in [0.15, 0.2) is 0 Å². The molecule has 0 spiro atoms. The Bertz CT molecular complexity index is 906. The number of carboxylic acid groups (broad SMARTS) is 1. The second-order valence-electron chi connectivity index (χ2n) is 5.00. The summed E-state index contributed by atoms with van der Waals surface area (Å²) in [7, 11) is 0.